The van der Waals surface area contributed by atoms with E-state index in [4.69, 9.17) is 4.42 Å². The van der Waals surface area contributed by atoms with Crippen molar-refractivity contribution in [1.82, 2.24) is 20.0 Å². The molecule has 0 saturated carbocycles. The van der Waals surface area contributed by atoms with Crippen LogP contribution in [0.3, 0.4) is 0 Å². The van der Waals surface area contributed by atoms with Crippen molar-refractivity contribution >= 4 is 5.91 Å². The SMILES string of the molecule is Cc1nn(C)c(C)c1CCCNC(=O)c1ccc(CN2CCCCC2)o1. The first-order chi connectivity index (χ1) is 12.5. The number of nitrogens with one attached hydrogen (secondary N) is 1. The topological polar surface area (TPSA) is 63.3 Å². The van der Waals surface area contributed by atoms with Crippen molar-refractivity contribution in [3.05, 3.63) is 40.6 Å². The molecule has 2 aromatic heterocycles. The van der Waals surface area contributed by atoms with Gasteiger partial charge < -0.3 is 9.73 Å². The monoisotopic (exact) mass is 358 g/mol. The van der Waals surface area contributed by atoms with Crippen LogP contribution in [0.2, 0.25) is 0 Å². The van der Waals surface area contributed by atoms with Gasteiger partial charge in [0.25, 0.3) is 5.91 Å². The molecule has 0 aliphatic carbocycles. The van der Waals surface area contributed by atoms with E-state index in [0.717, 1.165) is 43.9 Å². The van der Waals surface area contributed by atoms with Gasteiger partial charge in [-0.25, -0.2) is 0 Å². The van der Waals surface area contributed by atoms with E-state index in [-0.39, 0.29) is 5.91 Å². The van der Waals surface area contributed by atoms with Gasteiger partial charge in [-0.05, 0) is 70.3 Å². The Morgan fingerprint density at radius 1 is 1.23 bits per heavy atom. The summed E-state index contributed by atoms with van der Waals surface area (Å²) in [7, 11) is 1.96. The van der Waals surface area contributed by atoms with Gasteiger partial charge in [-0.1, -0.05) is 6.42 Å². The molecule has 0 aromatic carbocycles. The van der Waals surface area contributed by atoms with Crippen LogP contribution in [0.25, 0.3) is 0 Å². The fraction of sp³-hybridized carbons (Fsp3) is 0.600. The van der Waals surface area contributed by atoms with Crippen molar-refractivity contribution in [2.75, 3.05) is 19.6 Å². The smallest absolute Gasteiger partial charge is 0.286 e. The maximum absolute atomic E-state index is 12.3. The third-order valence-corrected chi connectivity index (χ3v) is 5.26. The van der Waals surface area contributed by atoms with E-state index >= 15 is 0 Å². The summed E-state index contributed by atoms with van der Waals surface area (Å²) in [5.74, 6) is 1.15. The van der Waals surface area contributed by atoms with Gasteiger partial charge in [0.2, 0.25) is 0 Å². The van der Waals surface area contributed by atoms with E-state index in [1.54, 1.807) is 6.07 Å². The normalized spacial score (nSPS) is 15.3. The summed E-state index contributed by atoms with van der Waals surface area (Å²) in [5.41, 5.74) is 3.55. The van der Waals surface area contributed by atoms with Gasteiger partial charge in [-0.2, -0.15) is 5.10 Å². The Morgan fingerprint density at radius 2 is 2.00 bits per heavy atom. The Kier molecular flexibility index (Phi) is 6.14. The number of furan rings is 1. The van der Waals surface area contributed by atoms with Crippen molar-refractivity contribution in [2.24, 2.45) is 7.05 Å². The van der Waals surface area contributed by atoms with Crippen LogP contribution >= 0.6 is 0 Å². The third kappa shape index (κ3) is 4.55. The second-order valence-corrected chi connectivity index (χ2v) is 7.24. The highest BCUT2D eigenvalue weighted by Gasteiger charge is 2.15. The first kappa shape index (κ1) is 18.7. The number of hydrogen-bond acceptors (Lipinski definition) is 4. The molecule has 6 heteroatoms. The maximum atomic E-state index is 12.3. The van der Waals surface area contributed by atoms with Gasteiger partial charge >= 0.3 is 0 Å². The molecule has 26 heavy (non-hydrogen) atoms. The second-order valence-electron chi connectivity index (χ2n) is 7.24. The maximum Gasteiger partial charge on any atom is 0.286 e. The molecule has 0 unspecified atom stereocenters. The van der Waals surface area contributed by atoms with Gasteiger partial charge in [-0.3, -0.25) is 14.4 Å². The molecule has 1 aliphatic heterocycles. The summed E-state index contributed by atoms with van der Waals surface area (Å²) in [6, 6.07) is 3.70. The zero-order valence-electron chi connectivity index (χ0n) is 16.2. The number of piperidine rings is 1. The van der Waals surface area contributed by atoms with E-state index in [1.165, 1.54) is 30.5 Å². The van der Waals surface area contributed by atoms with Crippen molar-refractivity contribution in [2.45, 2.75) is 52.5 Å². The quantitative estimate of drug-likeness (QED) is 0.773. The minimum atomic E-state index is -0.130. The number of carbonyl (C=O) groups excluding carboxylic acids is 1. The number of rotatable bonds is 7. The molecular weight excluding hydrogens is 328 g/mol. The molecular formula is C20H30N4O2. The average molecular weight is 358 g/mol. The largest absolute Gasteiger partial charge is 0.455 e. The number of carbonyl (C=O) groups is 1. The van der Waals surface area contributed by atoms with E-state index in [0.29, 0.717) is 12.3 Å². The molecule has 0 bridgehead atoms. The van der Waals surface area contributed by atoms with Crippen LogP contribution in [0, 0.1) is 13.8 Å². The molecule has 1 fully saturated rings. The summed E-state index contributed by atoms with van der Waals surface area (Å²) in [6.45, 7) is 7.79. The minimum absolute atomic E-state index is 0.130. The highest BCUT2D eigenvalue weighted by molar-refractivity contribution is 5.91. The minimum Gasteiger partial charge on any atom is -0.455 e. The van der Waals surface area contributed by atoms with E-state index in [9.17, 15) is 4.79 Å². The summed E-state index contributed by atoms with van der Waals surface area (Å²) >= 11 is 0. The summed E-state index contributed by atoms with van der Waals surface area (Å²) in [4.78, 5) is 14.7. The molecule has 1 N–H and O–H groups in total. The first-order valence-electron chi connectivity index (χ1n) is 9.63. The third-order valence-electron chi connectivity index (χ3n) is 5.26. The molecule has 0 radical (unpaired) electrons. The predicted molar refractivity (Wildman–Crippen MR) is 101 cm³/mol. The van der Waals surface area contributed by atoms with Crippen molar-refractivity contribution < 1.29 is 9.21 Å². The lowest BCUT2D eigenvalue weighted by Gasteiger charge is -2.25. The lowest BCUT2D eigenvalue weighted by atomic mass is 10.1. The molecule has 2 aromatic rings. The van der Waals surface area contributed by atoms with Gasteiger partial charge in [0, 0.05) is 19.3 Å². The van der Waals surface area contributed by atoms with Crippen LogP contribution in [0.5, 0.6) is 0 Å². The molecule has 1 amide bonds. The number of hydrogen-bond donors (Lipinski definition) is 1. The fourth-order valence-corrected chi connectivity index (χ4v) is 3.66. The summed E-state index contributed by atoms with van der Waals surface area (Å²) in [5, 5.41) is 7.39. The molecule has 6 nitrogen and oxygen atoms in total. The van der Waals surface area contributed by atoms with Crippen LogP contribution in [0.1, 0.15) is 58.9 Å². The predicted octanol–water partition coefficient (Wildman–Crippen LogP) is 2.98. The Morgan fingerprint density at radius 3 is 2.69 bits per heavy atom. The number of amides is 1. The zero-order valence-corrected chi connectivity index (χ0v) is 16.2. The van der Waals surface area contributed by atoms with Crippen LogP contribution in [-0.4, -0.2) is 40.2 Å². The Bertz CT molecular complexity index is 741. The Hall–Kier alpha value is -2.08. The number of nitrogens with zero attached hydrogens (tertiary/aromatic N) is 3. The average Bonchev–Trinajstić information content (AvgIpc) is 3.18. The highest BCUT2D eigenvalue weighted by atomic mass is 16.4. The highest BCUT2D eigenvalue weighted by Crippen LogP contribution is 2.16. The van der Waals surface area contributed by atoms with Gasteiger partial charge in [0.1, 0.15) is 5.76 Å². The zero-order chi connectivity index (χ0) is 18.5. The first-order valence-corrected chi connectivity index (χ1v) is 9.63. The van der Waals surface area contributed by atoms with E-state index in [2.05, 4.69) is 22.2 Å². The van der Waals surface area contributed by atoms with Crippen molar-refractivity contribution in [3.8, 4) is 0 Å². The molecule has 0 atom stereocenters. The van der Waals surface area contributed by atoms with Crippen LogP contribution < -0.4 is 5.32 Å². The Balaban J connectivity index is 1.43. The lowest BCUT2D eigenvalue weighted by Crippen LogP contribution is -2.29. The van der Waals surface area contributed by atoms with Crippen LogP contribution in [0.4, 0.5) is 0 Å². The van der Waals surface area contributed by atoms with Crippen LogP contribution in [-0.2, 0) is 20.0 Å². The van der Waals surface area contributed by atoms with E-state index < -0.39 is 0 Å². The van der Waals surface area contributed by atoms with Crippen molar-refractivity contribution in [1.29, 1.82) is 0 Å². The molecule has 142 valence electrons. The summed E-state index contributed by atoms with van der Waals surface area (Å²) < 4.78 is 7.65. The molecule has 1 aliphatic rings. The van der Waals surface area contributed by atoms with Gasteiger partial charge in [0.05, 0.1) is 12.2 Å². The fourth-order valence-electron chi connectivity index (χ4n) is 3.66. The van der Waals surface area contributed by atoms with Gasteiger partial charge in [-0.15, -0.1) is 0 Å². The number of aromatic nitrogens is 2. The van der Waals surface area contributed by atoms with Crippen LogP contribution in [0.15, 0.2) is 16.5 Å². The van der Waals surface area contributed by atoms with Gasteiger partial charge in [0.15, 0.2) is 5.76 Å². The summed E-state index contributed by atoms with van der Waals surface area (Å²) in [6.07, 6.45) is 5.64. The standard InChI is InChI=1S/C20H30N4O2/c1-15-18(16(2)23(3)22-15)8-7-11-21-20(25)19-10-9-17(26-19)14-24-12-5-4-6-13-24/h9-10H,4-8,11-14H2,1-3H3,(H,21,25). The number of likely N-dealkylation sites (tertiary alicyclic amines) is 1. The molecule has 0 spiro atoms. The van der Waals surface area contributed by atoms with E-state index in [1.807, 2.05) is 24.7 Å². The number of aryl methyl sites for hydroxylation is 2. The van der Waals surface area contributed by atoms with Crippen molar-refractivity contribution in [3.63, 3.8) is 0 Å². The Labute approximate surface area is 155 Å². The molecule has 1 saturated heterocycles. The molecule has 3 heterocycles. The lowest BCUT2D eigenvalue weighted by molar-refractivity contribution is 0.0921. The molecule has 3 rings (SSSR count). The second kappa shape index (κ2) is 8.54.